The number of carbonyl (C=O) groups excluding carboxylic acids is 2. The van der Waals surface area contributed by atoms with Crippen LogP contribution in [0.25, 0.3) is 0 Å². The molecular formula is C27H30N2O4. The van der Waals surface area contributed by atoms with E-state index in [1.165, 1.54) is 6.92 Å². The smallest absolute Gasteiger partial charge is 0.407 e. The molecule has 0 aliphatic heterocycles. The van der Waals surface area contributed by atoms with Gasteiger partial charge < -0.3 is 20.1 Å². The van der Waals surface area contributed by atoms with E-state index in [1.54, 1.807) is 4.90 Å². The lowest BCUT2D eigenvalue weighted by atomic mass is 10.0. The molecule has 172 valence electrons. The molecule has 0 fully saturated rings. The highest BCUT2D eigenvalue weighted by molar-refractivity contribution is 5.73. The zero-order valence-electron chi connectivity index (χ0n) is 18.8. The summed E-state index contributed by atoms with van der Waals surface area (Å²) in [7, 11) is 0. The van der Waals surface area contributed by atoms with Crippen molar-refractivity contribution in [2.45, 2.75) is 38.6 Å². The van der Waals surface area contributed by atoms with Gasteiger partial charge in [-0.05, 0) is 23.1 Å². The van der Waals surface area contributed by atoms with Gasteiger partial charge >= 0.3 is 6.09 Å². The molecule has 6 nitrogen and oxygen atoms in total. The van der Waals surface area contributed by atoms with Crippen LogP contribution in [0.4, 0.5) is 4.79 Å². The van der Waals surface area contributed by atoms with E-state index in [9.17, 15) is 14.7 Å². The van der Waals surface area contributed by atoms with E-state index in [4.69, 9.17) is 4.74 Å². The standard InChI is InChI=1S/C27H30N2O4/c1-21(30)29(18-23-13-7-3-8-14-23)19-26(31)25(17-22-11-5-2-6-12-22)28-27(32)33-20-24-15-9-4-10-16-24/h2-16,25-26,31H,17-20H2,1H3,(H,28,32)/t25-,26-/m1/s1. The Morgan fingerprint density at radius 1 is 0.848 bits per heavy atom. The topological polar surface area (TPSA) is 78.9 Å². The van der Waals surface area contributed by atoms with Gasteiger partial charge in [-0.3, -0.25) is 4.79 Å². The summed E-state index contributed by atoms with van der Waals surface area (Å²) in [5, 5.41) is 13.8. The third-order valence-electron chi connectivity index (χ3n) is 5.35. The number of aliphatic hydroxyl groups excluding tert-OH is 1. The van der Waals surface area contributed by atoms with Crippen molar-refractivity contribution >= 4 is 12.0 Å². The lowest BCUT2D eigenvalue weighted by molar-refractivity contribution is -0.131. The molecule has 2 amide bonds. The molecule has 0 unspecified atom stereocenters. The lowest BCUT2D eigenvalue weighted by Gasteiger charge is -2.29. The number of hydrogen-bond acceptors (Lipinski definition) is 4. The van der Waals surface area contributed by atoms with Crippen molar-refractivity contribution in [2.75, 3.05) is 6.54 Å². The molecule has 0 aliphatic rings. The summed E-state index contributed by atoms with van der Waals surface area (Å²) >= 11 is 0. The Morgan fingerprint density at radius 2 is 1.36 bits per heavy atom. The zero-order valence-corrected chi connectivity index (χ0v) is 18.8. The normalized spacial score (nSPS) is 12.4. The first kappa shape index (κ1) is 24.0. The predicted octanol–water partition coefficient (Wildman–Crippen LogP) is 3.93. The molecule has 3 aromatic carbocycles. The molecule has 0 bridgehead atoms. The highest BCUT2D eigenvalue weighted by Crippen LogP contribution is 2.12. The number of nitrogens with zero attached hydrogens (tertiary/aromatic N) is 1. The van der Waals surface area contributed by atoms with Crippen molar-refractivity contribution in [3.63, 3.8) is 0 Å². The fraction of sp³-hybridized carbons (Fsp3) is 0.259. The number of benzene rings is 3. The Balaban J connectivity index is 1.67. The number of ether oxygens (including phenoxy) is 1. The van der Waals surface area contributed by atoms with E-state index in [1.807, 2.05) is 91.0 Å². The third kappa shape index (κ3) is 8.09. The molecule has 0 aliphatic carbocycles. The van der Waals surface area contributed by atoms with Crippen molar-refractivity contribution in [1.29, 1.82) is 0 Å². The summed E-state index contributed by atoms with van der Waals surface area (Å²) in [5.74, 6) is -0.150. The first-order valence-corrected chi connectivity index (χ1v) is 11.0. The van der Waals surface area contributed by atoms with Crippen LogP contribution in [0.1, 0.15) is 23.6 Å². The predicted molar refractivity (Wildman–Crippen MR) is 127 cm³/mol. The second-order valence-electron chi connectivity index (χ2n) is 7.95. The molecule has 2 N–H and O–H groups in total. The minimum atomic E-state index is -0.984. The van der Waals surface area contributed by atoms with Crippen LogP contribution >= 0.6 is 0 Å². The van der Waals surface area contributed by atoms with Crippen LogP contribution in [-0.2, 0) is 29.1 Å². The number of hydrogen-bond donors (Lipinski definition) is 2. The summed E-state index contributed by atoms with van der Waals surface area (Å²) in [6.45, 7) is 2.07. The SMILES string of the molecule is CC(=O)N(Cc1ccccc1)C[C@@H](O)[C@@H](Cc1ccccc1)NC(=O)OCc1ccccc1. The Labute approximate surface area is 194 Å². The van der Waals surface area contributed by atoms with Crippen molar-refractivity contribution in [3.05, 3.63) is 108 Å². The fourth-order valence-electron chi connectivity index (χ4n) is 3.53. The average Bonchev–Trinajstić information content (AvgIpc) is 2.84. The highest BCUT2D eigenvalue weighted by atomic mass is 16.5. The van der Waals surface area contributed by atoms with Gasteiger partial charge in [-0.2, -0.15) is 0 Å². The van der Waals surface area contributed by atoms with Crippen LogP contribution in [0.2, 0.25) is 0 Å². The molecule has 0 aromatic heterocycles. The number of aliphatic hydroxyl groups is 1. The molecule has 0 radical (unpaired) electrons. The molecule has 3 rings (SSSR count). The molecule has 33 heavy (non-hydrogen) atoms. The van der Waals surface area contributed by atoms with Gasteiger partial charge in [-0.1, -0.05) is 91.0 Å². The van der Waals surface area contributed by atoms with Gasteiger partial charge in [-0.25, -0.2) is 4.79 Å². The van der Waals surface area contributed by atoms with E-state index >= 15 is 0 Å². The van der Waals surface area contributed by atoms with Crippen molar-refractivity contribution in [3.8, 4) is 0 Å². The summed E-state index contributed by atoms with van der Waals surface area (Å²) in [5.41, 5.74) is 2.80. The Kier molecular flexibility index (Phi) is 9.03. The molecule has 6 heteroatoms. The van der Waals surface area contributed by atoms with Crippen molar-refractivity contribution in [2.24, 2.45) is 0 Å². The quantitative estimate of drug-likeness (QED) is 0.495. The van der Waals surface area contributed by atoms with Crippen LogP contribution in [0, 0.1) is 0 Å². The molecule has 2 atom stereocenters. The van der Waals surface area contributed by atoms with Gasteiger partial charge in [0.15, 0.2) is 0 Å². The zero-order chi connectivity index (χ0) is 23.5. The second kappa shape index (κ2) is 12.4. The summed E-state index contributed by atoms with van der Waals surface area (Å²) in [6, 6.07) is 28.0. The Hall–Kier alpha value is -3.64. The van der Waals surface area contributed by atoms with Crippen LogP contribution in [0.3, 0.4) is 0 Å². The van der Waals surface area contributed by atoms with Gasteiger partial charge in [0.2, 0.25) is 5.91 Å². The van der Waals surface area contributed by atoms with E-state index in [2.05, 4.69) is 5.32 Å². The maximum atomic E-state index is 12.5. The van der Waals surface area contributed by atoms with E-state index in [0.717, 1.165) is 16.7 Å². The van der Waals surface area contributed by atoms with Crippen LogP contribution in [0.5, 0.6) is 0 Å². The number of amides is 2. The van der Waals surface area contributed by atoms with E-state index in [0.29, 0.717) is 13.0 Å². The Morgan fingerprint density at radius 3 is 1.91 bits per heavy atom. The van der Waals surface area contributed by atoms with E-state index in [-0.39, 0.29) is 19.1 Å². The van der Waals surface area contributed by atoms with Crippen LogP contribution in [0.15, 0.2) is 91.0 Å². The minimum absolute atomic E-state index is 0.0840. The van der Waals surface area contributed by atoms with Gasteiger partial charge in [-0.15, -0.1) is 0 Å². The maximum Gasteiger partial charge on any atom is 0.407 e. The highest BCUT2D eigenvalue weighted by Gasteiger charge is 2.26. The summed E-state index contributed by atoms with van der Waals surface area (Å²) in [4.78, 5) is 26.3. The summed E-state index contributed by atoms with van der Waals surface area (Å²) in [6.07, 6.45) is -1.20. The van der Waals surface area contributed by atoms with Crippen molar-refractivity contribution in [1.82, 2.24) is 10.2 Å². The van der Waals surface area contributed by atoms with E-state index < -0.39 is 18.2 Å². The number of nitrogens with one attached hydrogen (secondary N) is 1. The number of rotatable bonds is 10. The molecule has 0 heterocycles. The van der Waals surface area contributed by atoms with Crippen molar-refractivity contribution < 1.29 is 19.4 Å². The maximum absolute atomic E-state index is 12.5. The van der Waals surface area contributed by atoms with Crippen LogP contribution in [-0.4, -0.2) is 40.7 Å². The molecule has 0 saturated carbocycles. The molecule has 3 aromatic rings. The minimum Gasteiger partial charge on any atom is -0.445 e. The lowest BCUT2D eigenvalue weighted by Crippen LogP contribution is -2.50. The molecule has 0 spiro atoms. The second-order valence-corrected chi connectivity index (χ2v) is 7.95. The molecule has 0 saturated heterocycles. The summed E-state index contributed by atoms with van der Waals surface area (Å²) < 4.78 is 5.35. The fourth-order valence-corrected chi connectivity index (χ4v) is 3.53. The first-order chi connectivity index (χ1) is 16.0. The molecular weight excluding hydrogens is 416 g/mol. The van der Waals surface area contributed by atoms with Gasteiger partial charge in [0.25, 0.3) is 0 Å². The first-order valence-electron chi connectivity index (χ1n) is 11.0. The number of carbonyl (C=O) groups is 2. The third-order valence-corrected chi connectivity index (χ3v) is 5.35. The van der Waals surface area contributed by atoms with Gasteiger partial charge in [0.05, 0.1) is 12.1 Å². The van der Waals surface area contributed by atoms with Gasteiger partial charge in [0.1, 0.15) is 6.61 Å². The Bertz CT molecular complexity index is 996. The van der Waals surface area contributed by atoms with Crippen LogP contribution < -0.4 is 5.32 Å². The number of alkyl carbamates (subject to hydrolysis) is 1. The monoisotopic (exact) mass is 446 g/mol. The average molecular weight is 447 g/mol. The largest absolute Gasteiger partial charge is 0.445 e. The van der Waals surface area contributed by atoms with Gasteiger partial charge in [0, 0.05) is 20.0 Å².